The fourth-order valence-electron chi connectivity index (χ4n) is 1.74. The zero-order chi connectivity index (χ0) is 10.7. The summed E-state index contributed by atoms with van der Waals surface area (Å²) < 4.78 is 18.3. The molecular weight excluding hydrogens is 195 g/mol. The van der Waals surface area contributed by atoms with Crippen LogP contribution >= 0.6 is 0 Å². The molecule has 1 saturated carbocycles. The molecule has 3 heteroatoms. The average Bonchev–Trinajstić information content (AvgIpc) is 2.90. The van der Waals surface area contributed by atoms with Gasteiger partial charge < -0.3 is 9.84 Å². The molecule has 0 amide bonds. The topological polar surface area (TPSA) is 29.5 Å². The van der Waals surface area contributed by atoms with Crippen LogP contribution in [0.25, 0.3) is 0 Å². The first kappa shape index (κ1) is 10.6. The van der Waals surface area contributed by atoms with E-state index in [1.807, 2.05) is 30.3 Å². The molecule has 0 spiro atoms. The van der Waals surface area contributed by atoms with E-state index in [0.717, 1.165) is 5.56 Å². The predicted octanol–water partition coefficient (Wildman–Crippen LogP) is 1.78. The largest absolute Gasteiger partial charge is 0.396 e. The van der Waals surface area contributed by atoms with Gasteiger partial charge in [-0.25, -0.2) is 4.39 Å². The Labute approximate surface area is 88.7 Å². The number of alkyl halides is 1. The van der Waals surface area contributed by atoms with Crippen molar-refractivity contribution in [1.29, 1.82) is 0 Å². The molecule has 1 aromatic carbocycles. The van der Waals surface area contributed by atoms with Crippen molar-refractivity contribution in [3.8, 4) is 0 Å². The normalized spacial score (nSPS) is 29.1. The van der Waals surface area contributed by atoms with Crippen molar-refractivity contribution in [2.24, 2.45) is 11.8 Å². The lowest BCUT2D eigenvalue weighted by atomic mass is 10.2. The zero-order valence-electron chi connectivity index (χ0n) is 8.47. The van der Waals surface area contributed by atoms with E-state index in [1.165, 1.54) is 0 Å². The van der Waals surface area contributed by atoms with Crippen molar-refractivity contribution >= 4 is 0 Å². The fraction of sp³-hybridized carbons (Fsp3) is 0.500. The number of hydrogen-bond acceptors (Lipinski definition) is 2. The van der Waals surface area contributed by atoms with Gasteiger partial charge in [-0.2, -0.15) is 0 Å². The molecule has 82 valence electrons. The van der Waals surface area contributed by atoms with E-state index < -0.39 is 6.17 Å². The Bertz CT molecular complexity index is 302. The molecule has 1 N–H and O–H groups in total. The molecule has 0 radical (unpaired) electrons. The van der Waals surface area contributed by atoms with Crippen LogP contribution in [-0.2, 0) is 11.3 Å². The number of benzene rings is 1. The van der Waals surface area contributed by atoms with Crippen LogP contribution in [0.15, 0.2) is 30.3 Å². The third kappa shape index (κ3) is 2.55. The molecule has 0 aromatic heterocycles. The van der Waals surface area contributed by atoms with E-state index in [4.69, 9.17) is 9.84 Å². The van der Waals surface area contributed by atoms with Gasteiger partial charge in [0.05, 0.1) is 13.2 Å². The highest BCUT2D eigenvalue weighted by atomic mass is 19.1. The molecule has 1 aromatic rings. The number of aliphatic hydroxyl groups is 1. The van der Waals surface area contributed by atoms with Crippen LogP contribution in [0.4, 0.5) is 4.39 Å². The van der Waals surface area contributed by atoms with Gasteiger partial charge in [0.2, 0.25) is 0 Å². The summed E-state index contributed by atoms with van der Waals surface area (Å²) in [4.78, 5) is 0. The average molecular weight is 210 g/mol. The maximum atomic E-state index is 12.9. The molecule has 3 atom stereocenters. The van der Waals surface area contributed by atoms with E-state index >= 15 is 0 Å². The van der Waals surface area contributed by atoms with Gasteiger partial charge in [-0.05, 0) is 5.56 Å². The number of hydrogen-bond donors (Lipinski definition) is 1. The molecule has 0 saturated heterocycles. The van der Waals surface area contributed by atoms with Crippen LogP contribution in [0.1, 0.15) is 5.56 Å². The number of rotatable bonds is 5. The van der Waals surface area contributed by atoms with Gasteiger partial charge in [0.25, 0.3) is 0 Å². The van der Waals surface area contributed by atoms with E-state index in [2.05, 4.69) is 0 Å². The molecule has 15 heavy (non-hydrogen) atoms. The zero-order valence-corrected chi connectivity index (χ0v) is 8.47. The van der Waals surface area contributed by atoms with Crippen LogP contribution in [0.5, 0.6) is 0 Å². The Kier molecular flexibility index (Phi) is 3.34. The van der Waals surface area contributed by atoms with Crippen LogP contribution in [0, 0.1) is 11.8 Å². The summed E-state index contributed by atoms with van der Waals surface area (Å²) >= 11 is 0. The summed E-state index contributed by atoms with van der Waals surface area (Å²) in [5.74, 6) is -0.292. The highest BCUT2D eigenvalue weighted by molar-refractivity contribution is 5.13. The highest BCUT2D eigenvalue weighted by Crippen LogP contribution is 2.41. The predicted molar refractivity (Wildman–Crippen MR) is 55.1 cm³/mol. The van der Waals surface area contributed by atoms with Gasteiger partial charge in [0.1, 0.15) is 6.17 Å². The fourth-order valence-corrected chi connectivity index (χ4v) is 1.74. The third-order valence-corrected chi connectivity index (χ3v) is 2.86. The quantitative estimate of drug-likeness (QED) is 0.802. The Morgan fingerprint density at radius 1 is 1.20 bits per heavy atom. The second kappa shape index (κ2) is 4.73. The highest BCUT2D eigenvalue weighted by Gasteiger charge is 2.50. The van der Waals surface area contributed by atoms with E-state index in [0.29, 0.717) is 13.2 Å². The lowest BCUT2D eigenvalue weighted by molar-refractivity contribution is 0.101. The summed E-state index contributed by atoms with van der Waals surface area (Å²) in [6, 6.07) is 9.80. The van der Waals surface area contributed by atoms with Gasteiger partial charge in [0, 0.05) is 18.4 Å². The second-order valence-electron chi connectivity index (χ2n) is 3.96. The Morgan fingerprint density at radius 2 is 1.93 bits per heavy atom. The Balaban J connectivity index is 1.68. The van der Waals surface area contributed by atoms with Crippen molar-refractivity contribution in [3.05, 3.63) is 35.9 Å². The van der Waals surface area contributed by atoms with Crippen LogP contribution < -0.4 is 0 Å². The van der Waals surface area contributed by atoms with Gasteiger partial charge in [-0.3, -0.25) is 0 Å². The van der Waals surface area contributed by atoms with Crippen molar-refractivity contribution in [2.75, 3.05) is 13.2 Å². The van der Waals surface area contributed by atoms with E-state index in [9.17, 15) is 4.39 Å². The van der Waals surface area contributed by atoms with Crippen molar-refractivity contribution in [3.63, 3.8) is 0 Å². The first-order valence-corrected chi connectivity index (χ1v) is 5.19. The summed E-state index contributed by atoms with van der Waals surface area (Å²) in [5, 5.41) is 8.77. The van der Waals surface area contributed by atoms with Crippen molar-refractivity contribution in [2.45, 2.75) is 12.8 Å². The maximum Gasteiger partial charge on any atom is 0.111 e. The minimum atomic E-state index is -0.870. The van der Waals surface area contributed by atoms with Gasteiger partial charge in [-0.1, -0.05) is 30.3 Å². The molecule has 0 bridgehead atoms. The number of ether oxygens (including phenoxy) is 1. The molecule has 0 heterocycles. The van der Waals surface area contributed by atoms with Gasteiger partial charge >= 0.3 is 0 Å². The molecular formula is C12H15FO2. The first-order valence-electron chi connectivity index (χ1n) is 5.19. The van der Waals surface area contributed by atoms with Gasteiger partial charge in [-0.15, -0.1) is 0 Å². The minimum Gasteiger partial charge on any atom is -0.396 e. The molecule has 1 aliphatic carbocycles. The Hall–Kier alpha value is -0.930. The van der Waals surface area contributed by atoms with Crippen molar-refractivity contribution < 1.29 is 14.2 Å². The smallest absolute Gasteiger partial charge is 0.111 e. The second-order valence-corrected chi connectivity index (χ2v) is 3.96. The standard InChI is InChI=1S/C12H15FO2/c13-12-10(6-14)11(12)8-15-7-9-4-2-1-3-5-9/h1-5,10-12,14H,6-8H2/t10-,11-,12+/m0/s1. The summed E-state index contributed by atoms with van der Waals surface area (Å²) in [6.45, 7) is 0.851. The summed E-state index contributed by atoms with van der Waals surface area (Å²) in [6.07, 6.45) is -0.870. The minimum absolute atomic E-state index is 0.0689. The number of halogens is 1. The number of aliphatic hydroxyl groups excluding tert-OH is 1. The third-order valence-electron chi connectivity index (χ3n) is 2.86. The lowest BCUT2D eigenvalue weighted by Crippen LogP contribution is -2.00. The van der Waals surface area contributed by atoms with E-state index in [1.54, 1.807) is 0 Å². The molecule has 1 fully saturated rings. The monoisotopic (exact) mass is 210 g/mol. The van der Waals surface area contributed by atoms with Crippen LogP contribution in [0.2, 0.25) is 0 Å². The van der Waals surface area contributed by atoms with Gasteiger partial charge in [0.15, 0.2) is 0 Å². The van der Waals surface area contributed by atoms with Crippen LogP contribution in [-0.4, -0.2) is 24.5 Å². The summed E-state index contributed by atoms with van der Waals surface area (Å²) in [7, 11) is 0. The SMILES string of the molecule is OC[C@@H]1[C@@H](F)[C@H]1COCc1ccccc1. The molecule has 2 rings (SSSR count). The molecule has 2 nitrogen and oxygen atoms in total. The Morgan fingerprint density at radius 3 is 2.53 bits per heavy atom. The molecule has 1 aliphatic rings. The molecule has 0 aliphatic heterocycles. The lowest BCUT2D eigenvalue weighted by Gasteiger charge is -2.02. The van der Waals surface area contributed by atoms with E-state index in [-0.39, 0.29) is 18.4 Å². The summed E-state index contributed by atoms with van der Waals surface area (Å²) in [5.41, 5.74) is 1.09. The van der Waals surface area contributed by atoms with Crippen LogP contribution in [0.3, 0.4) is 0 Å². The first-order chi connectivity index (χ1) is 7.33. The molecule has 0 unspecified atom stereocenters. The maximum absolute atomic E-state index is 12.9. The van der Waals surface area contributed by atoms with Crippen molar-refractivity contribution in [1.82, 2.24) is 0 Å².